The molecule has 1 aliphatic rings. The number of rotatable bonds is 22. The van der Waals surface area contributed by atoms with Gasteiger partial charge < -0.3 is 9.80 Å². The molecule has 2 rings (SSSR count). The molecule has 0 N–H and O–H groups in total. The summed E-state index contributed by atoms with van der Waals surface area (Å²) in [6.45, 7) is 6.86. The molecule has 1 heterocycles. The lowest BCUT2D eigenvalue weighted by Crippen LogP contribution is -2.38. The summed E-state index contributed by atoms with van der Waals surface area (Å²) < 4.78 is 0. The molecule has 1 atom stereocenters. The summed E-state index contributed by atoms with van der Waals surface area (Å²) >= 11 is 0. The molecule has 1 aliphatic heterocycles. The van der Waals surface area contributed by atoms with Gasteiger partial charge in [-0.05, 0) is 24.8 Å². The van der Waals surface area contributed by atoms with Gasteiger partial charge in [0, 0.05) is 25.5 Å². The Hall–Kier alpha value is -1.44. The molecular formula is C32H56N2. The van der Waals surface area contributed by atoms with Crippen LogP contribution in [0.4, 0.5) is 0 Å². The second kappa shape index (κ2) is 19.8. The van der Waals surface area contributed by atoms with Crippen LogP contribution in [-0.4, -0.2) is 22.5 Å². The van der Waals surface area contributed by atoms with Crippen LogP contribution in [0.15, 0.2) is 42.7 Å². The van der Waals surface area contributed by atoms with E-state index in [9.17, 15) is 0 Å². The van der Waals surface area contributed by atoms with Crippen molar-refractivity contribution in [2.75, 3.05) is 6.54 Å². The quantitative estimate of drug-likeness (QED) is 0.156. The van der Waals surface area contributed by atoms with Gasteiger partial charge in [0.2, 0.25) is 0 Å². The third-order valence-corrected chi connectivity index (χ3v) is 7.51. The van der Waals surface area contributed by atoms with Crippen LogP contribution in [0.1, 0.15) is 141 Å². The van der Waals surface area contributed by atoms with Gasteiger partial charge in [0.15, 0.2) is 0 Å². The van der Waals surface area contributed by atoms with E-state index in [2.05, 4.69) is 66.4 Å². The predicted octanol–water partition coefficient (Wildman–Crippen LogP) is 10.1. The second-order valence-corrected chi connectivity index (χ2v) is 10.6. The van der Waals surface area contributed by atoms with Crippen molar-refractivity contribution < 1.29 is 0 Å². The SMILES string of the molecule is CCCCCCCCCCCCCCN1C=CN(Cc2ccccc2)C1CCCCCCCC. The summed E-state index contributed by atoms with van der Waals surface area (Å²) in [5, 5.41) is 0. The highest BCUT2D eigenvalue weighted by atomic mass is 15.4. The Morgan fingerprint density at radius 2 is 1.00 bits per heavy atom. The molecule has 194 valence electrons. The fourth-order valence-electron chi connectivity index (χ4n) is 5.31. The molecule has 1 aromatic rings. The molecule has 2 heteroatoms. The van der Waals surface area contributed by atoms with Crippen molar-refractivity contribution in [1.29, 1.82) is 0 Å². The molecule has 0 aliphatic carbocycles. The zero-order valence-corrected chi connectivity index (χ0v) is 22.9. The van der Waals surface area contributed by atoms with Crippen molar-refractivity contribution in [3.63, 3.8) is 0 Å². The van der Waals surface area contributed by atoms with Crippen LogP contribution in [0.5, 0.6) is 0 Å². The highest BCUT2D eigenvalue weighted by Gasteiger charge is 2.25. The minimum Gasteiger partial charge on any atom is -0.356 e. The summed E-state index contributed by atoms with van der Waals surface area (Å²) in [6, 6.07) is 11.0. The van der Waals surface area contributed by atoms with Crippen LogP contribution in [0.3, 0.4) is 0 Å². The largest absolute Gasteiger partial charge is 0.356 e. The monoisotopic (exact) mass is 468 g/mol. The van der Waals surface area contributed by atoms with Crippen LogP contribution >= 0.6 is 0 Å². The summed E-state index contributed by atoms with van der Waals surface area (Å²) in [4.78, 5) is 5.23. The first kappa shape index (κ1) is 28.8. The lowest BCUT2D eigenvalue weighted by molar-refractivity contribution is 0.132. The fourth-order valence-corrected chi connectivity index (χ4v) is 5.31. The van der Waals surface area contributed by atoms with Crippen molar-refractivity contribution in [3.05, 3.63) is 48.3 Å². The van der Waals surface area contributed by atoms with E-state index in [-0.39, 0.29) is 0 Å². The van der Waals surface area contributed by atoms with Gasteiger partial charge in [0.25, 0.3) is 0 Å². The number of hydrogen-bond donors (Lipinski definition) is 0. The van der Waals surface area contributed by atoms with E-state index in [0.29, 0.717) is 6.17 Å². The van der Waals surface area contributed by atoms with Gasteiger partial charge in [0.1, 0.15) is 6.17 Å². The Morgan fingerprint density at radius 3 is 1.56 bits per heavy atom. The zero-order valence-electron chi connectivity index (χ0n) is 22.9. The smallest absolute Gasteiger partial charge is 0.101 e. The molecule has 0 amide bonds. The maximum absolute atomic E-state index is 2.64. The van der Waals surface area contributed by atoms with Gasteiger partial charge in [-0.25, -0.2) is 0 Å². The van der Waals surface area contributed by atoms with E-state index in [1.54, 1.807) is 0 Å². The van der Waals surface area contributed by atoms with Gasteiger partial charge in [-0.2, -0.15) is 0 Å². The Morgan fingerprint density at radius 1 is 0.529 bits per heavy atom. The van der Waals surface area contributed by atoms with Gasteiger partial charge in [-0.3, -0.25) is 0 Å². The molecule has 0 bridgehead atoms. The van der Waals surface area contributed by atoms with E-state index in [1.807, 2.05) is 0 Å². The summed E-state index contributed by atoms with van der Waals surface area (Å²) in [6.07, 6.45) is 32.0. The van der Waals surface area contributed by atoms with Gasteiger partial charge in [0.05, 0.1) is 0 Å². The lowest BCUT2D eigenvalue weighted by Gasteiger charge is -2.33. The van der Waals surface area contributed by atoms with Crippen LogP contribution < -0.4 is 0 Å². The first-order valence-electron chi connectivity index (χ1n) is 15.1. The summed E-state index contributed by atoms with van der Waals surface area (Å²) in [5.41, 5.74) is 1.42. The molecule has 0 saturated carbocycles. The van der Waals surface area contributed by atoms with E-state index in [4.69, 9.17) is 0 Å². The number of benzene rings is 1. The van der Waals surface area contributed by atoms with Crippen molar-refractivity contribution in [2.24, 2.45) is 0 Å². The van der Waals surface area contributed by atoms with E-state index in [1.165, 1.54) is 134 Å². The van der Waals surface area contributed by atoms with Crippen molar-refractivity contribution in [3.8, 4) is 0 Å². The molecular weight excluding hydrogens is 412 g/mol. The summed E-state index contributed by atoms with van der Waals surface area (Å²) in [5.74, 6) is 0. The maximum atomic E-state index is 2.64. The van der Waals surface area contributed by atoms with Crippen molar-refractivity contribution >= 4 is 0 Å². The van der Waals surface area contributed by atoms with Crippen LogP contribution in [-0.2, 0) is 6.54 Å². The molecule has 1 aromatic carbocycles. The van der Waals surface area contributed by atoms with Crippen LogP contribution in [0.25, 0.3) is 0 Å². The lowest BCUT2D eigenvalue weighted by atomic mass is 10.0. The van der Waals surface area contributed by atoms with Crippen LogP contribution in [0.2, 0.25) is 0 Å². The predicted molar refractivity (Wildman–Crippen MR) is 151 cm³/mol. The standard InChI is InChI=1S/C32H56N2/c1-3-5-7-9-11-12-13-14-15-16-18-23-27-33-28-29-34(30-31-24-20-19-21-25-31)32(33)26-22-17-10-8-6-4-2/h19-21,24-25,28-29,32H,3-18,22-23,26-27,30H2,1-2H3. The molecule has 1 unspecified atom stereocenters. The minimum atomic E-state index is 0.555. The van der Waals surface area contributed by atoms with E-state index >= 15 is 0 Å². The van der Waals surface area contributed by atoms with Crippen molar-refractivity contribution in [1.82, 2.24) is 9.80 Å². The molecule has 0 radical (unpaired) electrons. The fraction of sp³-hybridized carbons (Fsp3) is 0.750. The number of nitrogens with zero attached hydrogens (tertiary/aromatic N) is 2. The van der Waals surface area contributed by atoms with E-state index < -0.39 is 0 Å². The van der Waals surface area contributed by atoms with Gasteiger partial charge in [-0.1, -0.05) is 147 Å². The second-order valence-electron chi connectivity index (χ2n) is 10.6. The molecule has 34 heavy (non-hydrogen) atoms. The molecule has 0 saturated heterocycles. The zero-order chi connectivity index (χ0) is 24.1. The minimum absolute atomic E-state index is 0.555. The van der Waals surface area contributed by atoms with Gasteiger partial charge >= 0.3 is 0 Å². The first-order valence-corrected chi connectivity index (χ1v) is 15.1. The van der Waals surface area contributed by atoms with Gasteiger partial charge in [-0.15, -0.1) is 0 Å². The Bertz CT molecular complexity index is 596. The highest BCUT2D eigenvalue weighted by Crippen LogP contribution is 2.25. The maximum Gasteiger partial charge on any atom is 0.101 e. The Kier molecular flexibility index (Phi) is 16.8. The van der Waals surface area contributed by atoms with Crippen molar-refractivity contribution in [2.45, 2.75) is 149 Å². The number of unbranched alkanes of at least 4 members (excludes halogenated alkanes) is 16. The first-order chi connectivity index (χ1) is 16.8. The average Bonchev–Trinajstić information content (AvgIpc) is 3.23. The normalized spacial score (nSPS) is 15.5. The molecule has 0 spiro atoms. The molecule has 0 aromatic heterocycles. The van der Waals surface area contributed by atoms with Crippen LogP contribution in [0, 0.1) is 0 Å². The summed E-state index contributed by atoms with van der Waals surface area (Å²) in [7, 11) is 0. The average molecular weight is 469 g/mol. The number of hydrogen-bond acceptors (Lipinski definition) is 2. The third-order valence-electron chi connectivity index (χ3n) is 7.51. The topological polar surface area (TPSA) is 6.48 Å². The molecule has 2 nitrogen and oxygen atoms in total. The van der Waals surface area contributed by atoms with E-state index in [0.717, 1.165) is 6.54 Å². The third kappa shape index (κ3) is 12.9. The highest BCUT2D eigenvalue weighted by molar-refractivity contribution is 5.15. The Labute approximate surface area is 213 Å². The molecule has 0 fully saturated rings. The Balaban J connectivity index is 1.62.